The zero-order valence-electron chi connectivity index (χ0n) is 11.9. The standard InChI is InChI=1S/C15H26N2O/c1-4-6-7-10-18-15-9-8-12(3)17-14(15)11-13(16)5-2/h8-9,13H,4-7,10-11,16H2,1-3H3. The molecule has 18 heavy (non-hydrogen) atoms. The third kappa shape index (κ3) is 5.05. The number of nitrogens with two attached hydrogens (primary N) is 1. The number of hydrogen-bond acceptors (Lipinski definition) is 3. The highest BCUT2D eigenvalue weighted by Gasteiger charge is 2.09. The quantitative estimate of drug-likeness (QED) is 0.720. The Morgan fingerprint density at radius 3 is 2.72 bits per heavy atom. The van der Waals surface area contributed by atoms with Gasteiger partial charge in [0.05, 0.1) is 12.3 Å². The van der Waals surface area contributed by atoms with E-state index in [2.05, 4.69) is 18.8 Å². The van der Waals surface area contributed by atoms with Crippen LogP contribution < -0.4 is 10.5 Å². The summed E-state index contributed by atoms with van der Waals surface area (Å²) in [6, 6.07) is 4.18. The minimum atomic E-state index is 0.164. The zero-order valence-corrected chi connectivity index (χ0v) is 11.9. The van der Waals surface area contributed by atoms with Crippen molar-refractivity contribution >= 4 is 0 Å². The average Bonchev–Trinajstić information content (AvgIpc) is 2.36. The van der Waals surface area contributed by atoms with E-state index < -0.39 is 0 Å². The molecule has 2 N–H and O–H groups in total. The van der Waals surface area contributed by atoms with Crippen LogP contribution in [0.2, 0.25) is 0 Å². The van der Waals surface area contributed by atoms with Crippen molar-refractivity contribution in [2.45, 2.75) is 58.9 Å². The van der Waals surface area contributed by atoms with E-state index in [4.69, 9.17) is 10.5 Å². The molecule has 1 rings (SSSR count). The molecule has 0 aliphatic rings. The minimum Gasteiger partial charge on any atom is -0.492 e. The van der Waals surface area contributed by atoms with Crippen molar-refractivity contribution < 1.29 is 4.74 Å². The van der Waals surface area contributed by atoms with E-state index in [1.54, 1.807) is 0 Å². The monoisotopic (exact) mass is 250 g/mol. The second-order valence-corrected chi connectivity index (χ2v) is 4.83. The van der Waals surface area contributed by atoms with Gasteiger partial charge in [-0.05, 0) is 31.9 Å². The number of pyridine rings is 1. The van der Waals surface area contributed by atoms with Crippen molar-refractivity contribution in [2.75, 3.05) is 6.61 Å². The summed E-state index contributed by atoms with van der Waals surface area (Å²) in [7, 11) is 0. The van der Waals surface area contributed by atoms with Gasteiger partial charge in [-0.1, -0.05) is 26.7 Å². The van der Waals surface area contributed by atoms with Crippen LogP contribution in [-0.4, -0.2) is 17.6 Å². The average molecular weight is 250 g/mol. The summed E-state index contributed by atoms with van der Waals surface area (Å²) in [5, 5.41) is 0. The van der Waals surface area contributed by atoms with E-state index in [0.717, 1.165) is 43.0 Å². The minimum absolute atomic E-state index is 0.164. The van der Waals surface area contributed by atoms with Crippen molar-refractivity contribution in [3.05, 3.63) is 23.5 Å². The summed E-state index contributed by atoms with van der Waals surface area (Å²) in [6.45, 7) is 7.07. The molecule has 0 aliphatic heterocycles. The highest BCUT2D eigenvalue weighted by atomic mass is 16.5. The molecule has 3 heteroatoms. The fourth-order valence-corrected chi connectivity index (χ4v) is 1.80. The summed E-state index contributed by atoms with van der Waals surface area (Å²) in [4.78, 5) is 4.55. The zero-order chi connectivity index (χ0) is 13.4. The maximum atomic E-state index is 6.00. The summed E-state index contributed by atoms with van der Waals surface area (Å²) in [5.74, 6) is 0.903. The fraction of sp³-hybridized carbons (Fsp3) is 0.667. The number of rotatable bonds is 8. The molecule has 0 aromatic carbocycles. The second-order valence-electron chi connectivity index (χ2n) is 4.83. The molecule has 1 atom stereocenters. The van der Waals surface area contributed by atoms with Gasteiger partial charge in [-0.25, -0.2) is 0 Å². The highest BCUT2D eigenvalue weighted by Crippen LogP contribution is 2.19. The number of hydrogen-bond donors (Lipinski definition) is 1. The molecule has 0 saturated heterocycles. The molecule has 3 nitrogen and oxygen atoms in total. The summed E-state index contributed by atoms with van der Waals surface area (Å²) in [6.07, 6.45) is 5.28. The molecule has 0 saturated carbocycles. The lowest BCUT2D eigenvalue weighted by molar-refractivity contribution is 0.300. The van der Waals surface area contributed by atoms with Crippen LogP contribution >= 0.6 is 0 Å². The Kier molecular flexibility index (Phi) is 6.73. The van der Waals surface area contributed by atoms with Crippen molar-refractivity contribution in [2.24, 2.45) is 5.73 Å². The second kappa shape index (κ2) is 8.09. The Hall–Kier alpha value is -1.09. The smallest absolute Gasteiger partial charge is 0.140 e. The van der Waals surface area contributed by atoms with Gasteiger partial charge < -0.3 is 10.5 Å². The number of aryl methyl sites for hydroxylation is 1. The Morgan fingerprint density at radius 1 is 1.28 bits per heavy atom. The maximum absolute atomic E-state index is 6.00. The first-order valence-corrected chi connectivity index (χ1v) is 7.02. The maximum Gasteiger partial charge on any atom is 0.140 e. The molecule has 0 spiro atoms. The molecule has 102 valence electrons. The number of aromatic nitrogens is 1. The van der Waals surface area contributed by atoms with Gasteiger partial charge in [0, 0.05) is 18.2 Å². The van der Waals surface area contributed by atoms with E-state index >= 15 is 0 Å². The van der Waals surface area contributed by atoms with Crippen molar-refractivity contribution in [3.63, 3.8) is 0 Å². The first-order valence-electron chi connectivity index (χ1n) is 7.02. The SMILES string of the molecule is CCCCCOc1ccc(C)nc1CC(N)CC. The van der Waals surface area contributed by atoms with Gasteiger partial charge in [-0.2, -0.15) is 0 Å². The van der Waals surface area contributed by atoms with E-state index in [-0.39, 0.29) is 6.04 Å². The Bertz CT molecular complexity index is 352. The lowest BCUT2D eigenvalue weighted by Crippen LogP contribution is -2.22. The van der Waals surface area contributed by atoms with Crippen molar-refractivity contribution in [1.82, 2.24) is 4.98 Å². The molecular formula is C15H26N2O. The third-order valence-electron chi connectivity index (χ3n) is 3.06. The molecule has 1 heterocycles. The summed E-state index contributed by atoms with van der Waals surface area (Å²) in [5.41, 5.74) is 8.03. The largest absolute Gasteiger partial charge is 0.492 e. The van der Waals surface area contributed by atoms with E-state index in [9.17, 15) is 0 Å². The van der Waals surface area contributed by atoms with E-state index in [0.29, 0.717) is 0 Å². The number of ether oxygens (including phenoxy) is 1. The van der Waals surface area contributed by atoms with Gasteiger partial charge in [0.2, 0.25) is 0 Å². The molecule has 1 aromatic rings. The predicted molar refractivity (Wildman–Crippen MR) is 76.0 cm³/mol. The van der Waals surface area contributed by atoms with Gasteiger partial charge in [-0.15, -0.1) is 0 Å². The van der Waals surface area contributed by atoms with Crippen LogP contribution in [0.25, 0.3) is 0 Å². The highest BCUT2D eigenvalue weighted by molar-refractivity contribution is 5.30. The molecule has 1 unspecified atom stereocenters. The Morgan fingerprint density at radius 2 is 2.06 bits per heavy atom. The van der Waals surface area contributed by atoms with Crippen molar-refractivity contribution in [3.8, 4) is 5.75 Å². The van der Waals surface area contributed by atoms with Crippen molar-refractivity contribution in [1.29, 1.82) is 0 Å². The van der Waals surface area contributed by atoms with Gasteiger partial charge in [0.1, 0.15) is 5.75 Å². The molecule has 0 amide bonds. The van der Waals surface area contributed by atoms with Crippen LogP contribution in [0.3, 0.4) is 0 Å². The molecule has 0 fully saturated rings. The molecule has 0 radical (unpaired) electrons. The lowest BCUT2D eigenvalue weighted by atomic mass is 10.1. The summed E-state index contributed by atoms with van der Waals surface area (Å²) >= 11 is 0. The van der Waals surface area contributed by atoms with Gasteiger partial charge in [0.15, 0.2) is 0 Å². The molecular weight excluding hydrogens is 224 g/mol. The van der Waals surface area contributed by atoms with Crippen LogP contribution in [0.4, 0.5) is 0 Å². The topological polar surface area (TPSA) is 48.1 Å². The van der Waals surface area contributed by atoms with Gasteiger partial charge >= 0.3 is 0 Å². The van der Waals surface area contributed by atoms with E-state index in [1.807, 2.05) is 19.1 Å². The normalized spacial score (nSPS) is 12.4. The van der Waals surface area contributed by atoms with E-state index in [1.165, 1.54) is 12.8 Å². The van der Waals surface area contributed by atoms with Gasteiger partial charge in [0.25, 0.3) is 0 Å². The van der Waals surface area contributed by atoms with Gasteiger partial charge in [-0.3, -0.25) is 4.98 Å². The Balaban J connectivity index is 2.64. The predicted octanol–water partition coefficient (Wildman–Crippen LogP) is 3.24. The molecule has 0 bridgehead atoms. The fourth-order valence-electron chi connectivity index (χ4n) is 1.80. The van der Waals surface area contributed by atoms with Crippen LogP contribution in [0.5, 0.6) is 5.75 Å². The third-order valence-corrected chi connectivity index (χ3v) is 3.06. The number of nitrogens with zero attached hydrogens (tertiary/aromatic N) is 1. The first kappa shape index (κ1) is 15.0. The molecule has 0 aliphatic carbocycles. The van der Waals surface area contributed by atoms with Crippen LogP contribution in [-0.2, 0) is 6.42 Å². The van der Waals surface area contributed by atoms with Crippen LogP contribution in [0.1, 0.15) is 50.9 Å². The molecule has 1 aromatic heterocycles. The lowest BCUT2D eigenvalue weighted by Gasteiger charge is -2.14. The summed E-state index contributed by atoms with van der Waals surface area (Å²) < 4.78 is 5.82. The first-order chi connectivity index (χ1) is 8.67. The van der Waals surface area contributed by atoms with Crippen LogP contribution in [0.15, 0.2) is 12.1 Å². The number of unbranched alkanes of at least 4 members (excludes halogenated alkanes) is 2. The Labute approximate surface area is 111 Å². The van der Waals surface area contributed by atoms with Crippen LogP contribution in [0, 0.1) is 6.92 Å².